The molecule has 0 saturated carbocycles. The maximum Gasteiger partial charge on any atom is 0.171 e. The maximum atomic E-state index is 5.93. The molecule has 1 heterocycles. The maximum absolute atomic E-state index is 5.93. The summed E-state index contributed by atoms with van der Waals surface area (Å²) in [5.74, 6) is 0.817. The van der Waals surface area contributed by atoms with E-state index in [0.29, 0.717) is 0 Å². The lowest BCUT2D eigenvalue weighted by Gasteiger charge is -2.05. The summed E-state index contributed by atoms with van der Waals surface area (Å²) in [5, 5.41) is 0.849. The molecule has 2 aromatic carbocycles. The smallest absolute Gasteiger partial charge is 0.171 e. The largest absolute Gasteiger partial charge is 0.497 e. The van der Waals surface area contributed by atoms with E-state index in [1.165, 1.54) is 0 Å². The van der Waals surface area contributed by atoms with Crippen molar-refractivity contribution in [3.8, 4) is 5.75 Å². The molecule has 3 rings (SSSR count). The van der Waals surface area contributed by atoms with Crippen molar-refractivity contribution < 1.29 is 4.74 Å². The molecule has 102 valence electrons. The van der Waals surface area contributed by atoms with Gasteiger partial charge >= 0.3 is 0 Å². The highest BCUT2D eigenvalue weighted by Crippen LogP contribution is 2.32. The van der Waals surface area contributed by atoms with E-state index in [2.05, 4.69) is 9.97 Å². The van der Waals surface area contributed by atoms with E-state index < -0.39 is 0 Å². The highest BCUT2D eigenvalue weighted by Gasteiger charge is 2.08. The zero-order chi connectivity index (χ0) is 14.1. The molecule has 5 heteroatoms. The number of nitrogens with zero attached hydrogens (tertiary/aromatic N) is 1. The normalized spacial score (nSPS) is 10.9. The molecular weight excluding hydrogens is 270 g/mol. The number of hydrogen-bond donors (Lipinski definition) is 2. The van der Waals surface area contributed by atoms with Gasteiger partial charge in [-0.2, -0.15) is 0 Å². The minimum Gasteiger partial charge on any atom is -0.497 e. The summed E-state index contributed by atoms with van der Waals surface area (Å²) in [5.41, 5.74) is 9.70. The van der Waals surface area contributed by atoms with Crippen LogP contribution < -0.4 is 10.5 Å². The van der Waals surface area contributed by atoms with Crippen molar-refractivity contribution in [3.63, 3.8) is 0 Å². The fraction of sp³-hybridized carbons (Fsp3) is 0.133. The summed E-state index contributed by atoms with van der Waals surface area (Å²) in [4.78, 5) is 8.97. The molecule has 0 bridgehead atoms. The molecule has 0 unspecified atom stereocenters. The van der Waals surface area contributed by atoms with E-state index in [9.17, 15) is 0 Å². The van der Waals surface area contributed by atoms with Gasteiger partial charge in [0.2, 0.25) is 0 Å². The van der Waals surface area contributed by atoms with Gasteiger partial charge in [0.15, 0.2) is 5.16 Å². The van der Waals surface area contributed by atoms with Gasteiger partial charge in [0, 0.05) is 16.6 Å². The second-order valence-corrected chi connectivity index (χ2v) is 5.53. The highest BCUT2D eigenvalue weighted by molar-refractivity contribution is 7.99. The Morgan fingerprint density at radius 1 is 1.25 bits per heavy atom. The summed E-state index contributed by atoms with van der Waals surface area (Å²) in [6.07, 6.45) is 0. The van der Waals surface area contributed by atoms with Crippen LogP contribution in [0.15, 0.2) is 46.5 Å². The number of anilines is 1. The number of aromatic nitrogens is 2. The van der Waals surface area contributed by atoms with Crippen LogP contribution >= 0.6 is 11.8 Å². The van der Waals surface area contributed by atoms with Crippen molar-refractivity contribution in [3.05, 3.63) is 42.0 Å². The number of nitrogens with two attached hydrogens (primary N) is 1. The van der Waals surface area contributed by atoms with Crippen LogP contribution in [0.4, 0.5) is 5.69 Å². The summed E-state index contributed by atoms with van der Waals surface area (Å²) in [7, 11) is 1.66. The van der Waals surface area contributed by atoms with E-state index in [0.717, 1.165) is 38.1 Å². The van der Waals surface area contributed by atoms with Crippen LogP contribution in [0, 0.1) is 6.92 Å². The Balaban J connectivity index is 1.96. The molecule has 3 aromatic rings. The van der Waals surface area contributed by atoms with Crippen LogP contribution in [0.5, 0.6) is 5.75 Å². The Morgan fingerprint density at radius 2 is 2.10 bits per heavy atom. The summed E-state index contributed by atoms with van der Waals surface area (Å²) in [6, 6.07) is 11.7. The third-order valence-electron chi connectivity index (χ3n) is 3.20. The molecule has 0 atom stereocenters. The minimum atomic E-state index is 0.799. The zero-order valence-corrected chi connectivity index (χ0v) is 12.1. The molecule has 20 heavy (non-hydrogen) atoms. The first-order chi connectivity index (χ1) is 9.67. The number of methoxy groups -OCH3 is 1. The molecule has 1 aromatic heterocycles. The Labute approximate surface area is 121 Å². The molecular formula is C15H15N3OS. The second kappa shape index (κ2) is 5.09. The average Bonchev–Trinajstić information content (AvgIpc) is 2.85. The first kappa shape index (κ1) is 12.9. The standard InChI is InChI=1S/C15H15N3OS/c1-9-11(16)4-3-5-14(9)20-15-17-12-7-6-10(19-2)8-13(12)18-15/h3-8H,16H2,1-2H3,(H,17,18). The summed E-state index contributed by atoms with van der Waals surface area (Å²) in [6.45, 7) is 2.02. The monoisotopic (exact) mass is 285 g/mol. The lowest BCUT2D eigenvalue weighted by molar-refractivity contribution is 0.415. The SMILES string of the molecule is COc1ccc2nc(Sc3cccc(N)c3C)[nH]c2c1. The van der Waals surface area contributed by atoms with Crippen LogP contribution in [0.3, 0.4) is 0 Å². The lowest BCUT2D eigenvalue weighted by atomic mass is 10.2. The van der Waals surface area contributed by atoms with Crippen molar-refractivity contribution in [1.29, 1.82) is 0 Å². The van der Waals surface area contributed by atoms with Crippen molar-refractivity contribution >= 4 is 28.5 Å². The fourth-order valence-corrected chi connectivity index (χ4v) is 2.92. The zero-order valence-electron chi connectivity index (χ0n) is 11.3. The van der Waals surface area contributed by atoms with Crippen molar-refractivity contribution in [2.24, 2.45) is 0 Å². The van der Waals surface area contributed by atoms with E-state index in [-0.39, 0.29) is 0 Å². The van der Waals surface area contributed by atoms with Gasteiger partial charge in [-0.05, 0) is 36.8 Å². The Morgan fingerprint density at radius 3 is 2.90 bits per heavy atom. The molecule has 0 aliphatic rings. The number of imidazole rings is 1. The van der Waals surface area contributed by atoms with Crippen LogP contribution in [0.25, 0.3) is 11.0 Å². The topological polar surface area (TPSA) is 63.9 Å². The number of nitrogens with one attached hydrogen (secondary N) is 1. The van der Waals surface area contributed by atoms with Crippen molar-refractivity contribution in [2.75, 3.05) is 12.8 Å². The number of rotatable bonds is 3. The summed E-state index contributed by atoms with van der Waals surface area (Å²) >= 11 is 1.58. The first-order valence-corrected chi connectivity index (χ1v) is 7.06. The summed E-state index contributed by atoms with van der Waals surface area (Å²) < 4.78 is 5.21. The molecule has 0 radical (unpaired) electrons. The molecule has 0 amide bonds. The van der Waals surface area contributed by atoms with Gasteiger partial charge in [-0.25, -0.2) is 4.98 Å². The van der Waals surface area contributed by atoms with Crippen molar-refractivity contribution in [1.82, 2.24) is 9.97 Å². The Kier molecular flexibility index (Phi) is 3.28. The van der Waals surface area contributed by atoms with Gasteiger partial charge in [-0.1, -0.05) is 17.8 Å². The third-order valence-corrected chi connectivity index (χ3v) is 4.25. The predicted octanol–water partition coefficient (Wildman–Crippen LogP) is 3.61. The van der Waals surface area contributed by atoms with E-state index >= 15 is 0 Å². The second-order valence-electron chi connectivity index (χ2n) is 4.50. The van der Waals surface area contributed by atoms with Gasteiger partial charge in [0.25, 0.3) is 0 Å². The Bertz CT molecular complexity index is 767. The predicted molar refractivity (Wildman–Crippen MR) is 82.4 cm³/mol. The Hall–Kier alpha value is -2.14. The number of H-pyrrole nitrogens is 1. The third kappa shape index (κ3) is 2.32. The molecule has 0 aliphatic carbocycles. The quantitative estimate of drug-likeness (QED) is 0.721. The molecule has 3 N–H and O–H groups in total. The number of benzene rings is 2. The number of fused-ring (bicyclic) bond motifs is 1. The molecule has 0 saturated heterocycles. The van der Waals surface area contributed by atoms with Gasteiger partial charge in [-0.15, -0.1) is 0 Å². The number of nitrogen functional groups attached to an aromatic ring is 1. The highest BCUT2D eigenvalue weighted by atomic mass is 32.2. The fourth-order valence-electron chi connectivity index (χ4n) is 1.99. The average molecular weight is 285 g/mol. The van der Waals surface area contributed by atoms with E-state index in [1.807, 2.05) is 43.3 Å². The number of aromatic amines is 1. The molecule has 0 fully saturated rings. The molecule has 0 aliphatic heterocycles. The van der Waals surface area contributed by atoms with Crippen LogP contribution in [-0.2, 0) is 0 Å². The lowest BCUT2D eigenvalue weighted by Crippen LogP contribution is -1.90. The molecule has 4 nitrogen and oxygen atoms in total. The van der Waals surface area contributed by atoms with Gasteiger partial charge in [-0.3, -0.25) is 0 Å². The number of hydrogen-bond acceptors (Lipinski definition) is 4. The van der Waals surface area contributed by atoms with Gasteiger partial charge < -0.3 is 15.5 Å². The van der Waals surface area contributed by atoms with Crippen LogP contribution in [0.1, 0.15) is 5.56 Å². The van der Waals surface area contributed by atoms with Crippen LogP contribution in [-0.4, -0.2) is 17.1 Å². The van der Waals surface area contributed by atoms with E-state index in [1.54, 1.807) is 18.9 Å². The minimum absolute atomic E-state index is 0.799. The first-order valence-electron chi connectivity index (χ1n) is 6.24. The molecule has 0 spiro atoms. The van der Waals surface area contributed by atoms with E-state index in [4.69, 9.17) is 10.5 Å². The van der Waals surface area contributed by atoms with Crippen molar-refractivity contribution in [2.45, 2.75) is 17.0 Å². The number of ether oxygens (including phenoxy) is 1. The van der Waals surface area contributed by atoms with Gasteiger partial charge in [0.05, 0.1) is 18.1 Å². The van der Waals surface area contributed by atoms with Gasteiger partial charge in [0.1, 0.15) is 5.75 Å². The van der Waals surface area contributed by atoms with Crippen LogP contribution in [0.2, 0.25) is 0 Å².